The van der Waals surface area contributed by atoms with E-state index in [0.29, 0.717) is 22.2 Å². The highest BCUT2D eigenvalue weighted by Crippen LogP contribution is 2.52. The molecule has 20 heavy (non-hydrogen) atoms. The molecule has 2 aliphatic rings. The van der Waals surface area contributed by atoms with Crippen molar-refractivity contribution in [1.82, 2.24) is 9.88 Å². The molecule has 0 radical (unpaired) electrons. The molecule has 1 saturated carbocycles. The van der Waals surface area contributed by atoms with Gasteiger partial charge < -0.3 is 4.90 Å². The minimum absolute atomic E-state index is 0.0978. The van der Waals surface area contributed by atoms with Crippen LogP contribution in [0.15, 0.2) is 18.3 Å². The Balaban J connectivity index is 1.85. The summed E-state index contributed by atoms with van der Waals surface area (Å²) in [7, 11) is 0. The fourth-order valence-electron chi connectivity index (χ4n) is 4.37. The van der Waals surface area contributed by atoms with Gasteiger partial charge >= 0.3 is 0 Å². The van der Waals surface area contributed by atoms with E-state index in [1.54, 1.807) is 18.3 Å². The Kier molecular flexibility index (Phi) is 3.09. The number of carbonyl (C=O) groups excluding carboxylic acids is 1. The molecular weight excluding hydrogens is 272 g/mol. The average molecular weight is 293 g/mol. The van der Waals surface area contributed by atoms with Gasteiger partial charge in [0.05, 0.1) is 5.56 Å². The predicted octanol–water partition coefficient (Wildman–Crippen LogP) is 3.78. The maximum atomic E-state index is 12.7. The Hall–Kier alpha value is -1.09. The second-order valence-corrected chi connectivity index (χ2v) is 7.90. The largest absolute Gasteiger partial charge is 0.335 e. The molecule has 108 valence electrons. The fourth-order valence-corrected chi connectivity index (χ4v) is 4.48. The molecule has 1 aliphatic heterocycles. The predicted molar refractivity (Wildman–Crippen MR) is 79.8 cm³/mol. The van der Waals surface area contributed by atoms with Gasteiger partial charge in [-0.15, -0.1) is 0 Å². The van der Waals surface area contributed by atoms with E-state index in [0.717, 1.165) is 19.4 Å². The normalized spacial score (nSPS) is 31.4. The molecule has 3 rings (SSSR count). The van der Waals surface area contributed by atoms with Gasteiger partial charge in [-0.1, -0.05) is 32.4 Å². The Morgan fingerprint density at radius 2 is 2.10 bits per heavy atom. The van der Waals surface area contributed by atoms with Gasteiger partial charge in [-0.05, 0) is 42.2 Å². The van der Waals surface area contributed by atoms with E-state index >= 15 is 0 Å². The molecule has 2 bridgehead atoms. The number of pyridine rings is 1. The molecule has 2 atom stereocenters. The highest BCUT2D eigenvalue weighted by Gasteiger charge is 2.50. The number of nitrogens with zero attached hydrogens (tertiary/aromatic N) is 2. The van der Waals surface area contributed by atoms with Crippen LogP contribution in [0, 0.1) is 10.8 Å². The maximum absolute atomic E-state index is 12.7. The summed E-state index contributed by atoms with van der Waals surface area (Å²) in [5.74, 6) is 0.0978. The fraction of sp³-hybridized carbons (Fsp3) is 0.625. The van der Waals surface area contributed by atoms with Gasteiger partial charge in [0, 0.05) is 18.8 Å². The summed E-state index contributed by atoms with van der Waals surface area (Å²) in [6, 6.07) is 3.82. The quantitative estimate of drug-likeness (QED) is 0.738. The van der Waals surface area contributed by atoms with Crippen LogP contribution in [0.3, 0.4) is 0 Å². The van der Waals surface area contributed by atoms with E-state index in [2.05, 4.69) is 30.7 Å². The Bertz CT molecular complexity index is 540. The summed E-state index contributed by atoms with van der Waals surface area (Å²) in [6.07, 6.45) is 5.00. The number of rotatable bonds is 1. The molecule has 1 aliphatic carbocycles. The zero-order chi connectivity index (χ0) is 14.5. The van der Waals surface area contributed by atoms with Crippen LogP contribution in [0.4, 0.5) is 0 Å². The van der Waals surface area contributed by atoms with Gasteiger partial charge in [-0.3, -0.25) is 4.79 Å². The molecule has 0 N–H and O–H groups in total. The molecule has 1 amide bonds. The summed E-state index contributed by atoms with van der Waals surface area (Å²) < 4.78 is 0. The van der Waals surface area contributed by atoms with Crippen molar-refractivity contribution < 1.29 is 4.79 Å². The second-order valence-electron chi connectivity index (χ2n) is 7.52. The van der Waals surface area contributed by atoms with E-state index in [1.807, 2.05) is 0 Å². The molecule has 1 saturated heterocycles. The summed E-state index contributed by atoms with van der Waals surface area (Å²) in [5.41, 5.74) is 1.23. The maximum Gasteiger partial charge on any atom is 0.255 e. The summed E-state index contributed by atoms with van der Waals surface area (Å²) in [5, 5.41) is 0.426. The lowest BCUT2D eigenvalue weighted by atomic mass is 9.65. The van der Waals surface area contributed by atoms with Crippen LogP contribution in [-0.2, 0) is 0 Å². The zero-order valence-electron chi connectivity index (χ0n) is 12.3. The first kappa shape index (κ1) is 13.9. The van der Waals surface area contributed by atoms with Crippen molar-refractivity contribution in [2.75, 3.05) is 6.54 Å². The van der Waals surface area contributed by atoms with Gasteiger partial charge in [0.1, 0.15) is 5.15 Å². The highest BCUT2D eigenvalue weighted by molar-refractivity contribution is 6.29. The molecule has 2 fully saturated rings. The molecule has 1 aromatic rings. The number of aromatic nitrogens is 1. The average Bonchev–Trinajstić information content (AvgIpc) is 2.58. The van der Waals surface area contributed by atoms with Crippen LogP contribution < -0.4 is 0 Å². The number of hydrogen-bond donors (Lipinski definition) is 0. The van der Waals surface area contributed by atoms with Crippen LogP contribution in [0.25, 0.3) is 0 Å². The monoisotopic (exact) mass is 292 g/mol. The highest BCUT2D eigenvalue weighted by atomic mass is 35.5. The standard InChI is InChI=1S/C16H21ClN2O/c1-15(2)6-12-7-16(3,9-15)10-19(12)14(20)11-4-5-13(17)18-8-11/h4-5,8,12H,6-7,9-10H2,1-3H3/t12-,16-/m0/s1. The lowest BCUT2D eigenvalue weighted by Gasteiger charge is -2.39. The van der Waals surface area contributed by atoms with Crippen LogP contribution in [0.2, 0.25) is 5.15 Å². The second kappa shape index (κ2) is 4.45. The molecular formula is C16H21ClN2O. The third kappa shape index (κ3) is 2.44. The minimum atomic E-state index is 0.0978. The SMILES string of the molecule is CC1(C)C[C@H]2C[C@](C)(CN2C(=O)c2ccc(Cl)nc2)C1. The van der Waals surface area contributed by atoms with E-state index in [9.17, 15) is 4.79 Å². The van der Waals surface area contributed by atoms with Crippen molar-refractivity contribution in [2.24, 2.45) is 10.8 Å². The summed E-state index contributed by atoms with van der Waals surface area (Å²) >= 11 is 5.79. The van der Waals surface area contributed by atoms with Crippen LogP contribution >= 0.6 is 11.6 Å². The number of amides is 1. The smallest absolute Gasteiger partial charge is 0.255 e. The van der Waals surface area contributed by atoms with Crippen molar-refractivity contribution >= 4 is 17.5 Å². The molecule has 0 unspecified atom stereocenters. The third-order valence-electron chi connectivity index (χ3n) is 4.65. The van der Waals surface area contributed by atoms with Crippen molar-refractivity contribution in [3.8, 4) is 0 Å². The number of halogens is 1. The third-order valence-corrected chi connectivity index (χ3v) is 4.87. The van der Waals surface area contributed by atoms with Gasteiger partial charge in [0.25, 0.3) is 5.91 Å². The number of hydrogen-bond acceptors (Lipinski definition) is 2. The van der Waals surface area contributed by atoms with Crippen molar-refractivity contribution in [1.29, 1.82) is 0 Å². The van der Waals surface area contributed by atoms with Gasteiger partial charge in [-0.25, -0.2) is 4.98 Å². The van der Waals surface area contributed by atoms with Gasteiger partial charge in [0.2, 0.25) is 0 Å². The number of carbonyl (C=O) groups is 1. The molecule has 0 spiro atoms. The minimum Gasteiger partial charge on any atom is -0.335 e. The lowest BCUT2D eigenvalue weighted by Crippen LogP contribution is -2.37. The first-order valence-corrected chi connectivity index (χ1v) is 7.58. The van der Waals surface area contributed by atoms with Crippen LogP contribution in [0.1, 0.15) is 50.4 Å². The van der Waals surface area contributed by atoms with E-state index in [4.69, 9.17) is 11.6 Å². The van der Waals surface area contributed by atoms with E-state index < -0.39 is 0 Å². The van der Waals surface area contributed by atoms with E-state index in [-0.39, 0.29) is 11.3 Å². The Morgan fingerprint density at radius 3 is 2.75 bits per heavy atom. The molecule has 2 heterocycles. The van der Waals surface area contributed by atoms with Crippen LogP contribution in [0.5, 0.6) is 0 Å². The summed E-state index contributed by atoms with van der Waals surface area (Å²) in [4.78, 5) is 18.8. The van der Waals surface area contributed by atoms with Crippen molar-refractivity contribution in [3.05, 3.63) is 29.0 Å². The Morgan fingerprint density at radius 1 is 1.35 bits per heavy atom. The molecule has 4 heteroatoms. The Labute approximate surface area is 125 Å². The van der Waals surface area contributed by atoms with Gasteiger partial charge in [-0.2, -0.15) is 0 Å². The first-order chi connectivity index (χ1) is 9.28. The van der Waals surface area contributed by atoms with Crippen molar-refractivity contribution in [2.45, 2.75) is 46.1 Å². The van der Waals surface area contributed by atoms with Gasteiger partial charge in [0.15, 0.2) is 0 Å². The molecule has 1 aromatic heterocycles. The number of fused-ring (bicyclic) bond motifs is 2. The zero-order valence-corrected chi connectivity index (χ0v) is 13.1. The van der Waals surface area contributed by atoms with E-state index in [1.165, 1.54) is 6.42 Å². The van der Waals surface area contributed by atoms with Crippen LogP contribution in [-0.4, -0.2) is 28.4 Å². The lowest BCUT2D eigenvalue weighted by molar-refractivity contribution is 0.0708. The van der Waals surface area contributed by atoms with Crippen molar-refractivity contribution in [3.63, 3.8) is 0 Å². The topological polar surface area (TPSA) is 33.2 Å². The molecule has 0 aromatic carbocycles. The number of likely N-dealkylation sites (tertiary alicyclic amines) is 1. The first-order valence-electron chi connectivity index (χ1n) is 7.21. The molecule has 3 nitrogen and oxygen atoms in total. The summed E-state index contributed by atoms with van der Waals surface area (Å²) in [6.45, 7) is 7.81.